The topological polar surface area (TPSA) is 73.6 Å². The van der Waals surface area contributed by atoms with Gasteiger partial charge in [0.05, 0.1) is 22.5 Å². The second kappa shape index (κ2) is 9.14. The van der Waals surface area contributed by atoms with Crippen LogP contribution in [0.2, 0.25) is 0 Å². The zero-order chi connectivity index (χ0) is 23.8. The summed E-state index contributed by atoms with van der Waals surface area (Å²) in [5, 5.41) is 15.1. The first-order valence-electron chi connectivity index (χ1n) is 11.2. The summed E-state index contributed by atoms with van der Waals surface area (Å²) in [6.07, 6.45) is 5.26. The van der Waals surface area contributed by atoms with E-state index in [0.29, 0.717) is 18.1 Å². The molecule has 174 valence electrons. The molecule has 0 saturated carbocycles. The molecule has 7 heteroatoms. The second-order valence-electron chi connectivity index (χ2n) is 8.77. The molecule has 0 aromatic heterocycles. The van der Waals surface area contributed by atoms with Crippen molar-refractivity contribution in [2.75, 3.05) is 12.4 Å². The molecule has 3 aromatic rings. The SMILES string of the molecule is COc1cc([C@@H]2Nc3c(C)cc([N+](=O)[O-])cc3[C@H]3C=CC[C@@H]32)cc(Br)c1OCc1ccccc1. The van der Waals surface area contributed by atoms with E-state index in [4.69, 9.17) is 9.47 Å². The lowest BCUT2D eigenvalue weighted by atomic mass is 9.76. The predicted molar refractivity (Wildman–Crippen MR) is 136 cm³/mol. The van der Waals surface area contributed by atoms with Crippen molar-refractivity contribution in [2.45, 2.75) is 31.9 Å². The quantitative estimate of drug-likeness (QED) is 0.213. The number of allylic oxidation sites excluding steroid dienone is 2. The van der Waals surface area contributed by atoms with Crippen molar-refractivity contribution in [3.05, 3.63) is 104 Å². The number of nitrogens with one attached hydrogen (secondary N) is 1. The van der Waals surface area contributed by atoms with Gasteiger partial charge in [-0.25, -0.2) is 0 Å². The fourth-order valence-electron chi connectivity index (χ4n) is 5.09. The van der Waals surface area contributed by atoms with Crippen LogP contribution in [0.15, 0.2) is 71.2 Å². The first-order chi connectivity index (χ1) is 16.5. The van der Waals surface area contributed by atoms with Crippen LogP contribution in [0, 0.1) is 23.0 Å². The Labute approximate surface area is 206 Å². The van der Waals surface area contributed by atoms with Gasteiger partial charge in [0.15, 0.2) is 11.5 Å². The summed E-state index contributed by atoms with van der Waals surface area (Å²) < 4.78 is 12.7. The third-order valence-electron chi connectivity index (χ3n) is 6.70. The Kier molecular flexibility index (Phi) is 6.04. The summed E-state index contributed by atoms with van der Waals surface area (Å²) in [5.74, 6) is 1.70. The third-order valence-corrected chi connectivity index (χ3v) is 7.29. The van der Waals surface area contributed by atoms with Crippen LogP contribution in [0.5, 0.6) is 11.5 Å². The van der Waals surface area contributed by atoms with Gasteiger partial charge in [0.2, 0.25) is 0 Å². The van der Waals surface area contributed by atoms with Gasteiger partial charge in [-0.05, 0) is 69.6 Å². The number of rotatable bonds is 6. The summed E-state index contributed by atoms with van der Waals surface area (Å²) in [6, 6.07) is 17.5. The Morgan fingerprint density at radius 3 is 2.71 bits per heavy atom. The van der Waals surface area contributed by atoms with Crippen molar-refractivity contribution in [3.8, 4) is 11.5 Å². The van der Waals surface area contributed by atoms with Crippen molar-refractivity contribution in [3.63, 3.8) is 0 Å². The summed E-state index contributed by atoms with van der Waals surface area (Å²) in [4.78, 5) is 11.1. The Hall–Kier alpha value is -3.32. The van der Waals surface area contributed by atoms with Crippen molar-refractivity contribution in [1.82, 2.24) is 0 Å². The number of methoxy groups -OCH3 is 1. The maximum absolute atomic E-state index is 11.4. The smallest absolute Gasteiger partial charge is 0.270 e. The van der Waals surface area contributed by atoms with Gasteiger partial charge in [0.25, 0.3) is 5.69 Å². The molecule has 1 aliphatic heterocycles. The van der Waals surface area contributed by atoms with Gasteiger partial charge >= 0.3 is 0 Å². The molecule has 0 unspecified atom stereocenters. The number of hydrogen-bond donors (Lipinski definition) is 1. The summed E-state index contributed by atoms with van der Waals surface area (Å²) >= 11 is 3.70. The van der Waals surface area contributed by atoms with Crippen molar-refractivity contribution >= 4 is 27.3 Å². The minimum absolute atomic E-state index is 0.0287. The van der Waals surface area contributed by atoms with E-state index in [1.807, 2.05) is 43.3 Å². The molecule has 0 saturated heterocycles. The van der Waals surface area contributed by atoms with Crippen LogP contribution in [0.4, 0.5) is 11.4 Å². The molecule has 0 fully saturated rings. The molecular formula is C27H25BrN2O4. The number of anilines is 1. The maximum Gasteiger partial charge on any atom is 0.270 e. The average molecular weight is 521 g/mol. The minimum Gasteiger partial charge on any atom is -0.493 e. The summed E-state index contributed by atoms with van der Waals surface area (Å²) in [5.41, 5.74) is 5.15. The van der Waals surface area contributed by atoms with Crippen molar-refractivity contribution in [1.29, 1.82) is 0 Å². The molecule has 0 spiro atoms. The van der Waals surface area contributed by atoms with Gasteiger partial charge in [0.1, 0.15) is 6.61 Å². The van der Waals surface area contributed by atoms with Gasteiger partial charge in [-0.15, -0.1) is 0 Å². The van der Waals surface area contributed by atoms with E-state index in [9.17, 15) is 10.1 Å². The highest BCUT2D eigenvalue weighted by molar-refractivity contribution is 9.10. The fourth-order valence-corrected chi connectivity index (χ4v) is 5.67. The van der Waals surface area contributed by atoms with Crippen LogP contribution in [0.1, 0.15) is 40.6 Å². The third kappa shape index (κ3) is 4.05. The summed E-state index contributed by atoms with van der Waals surface area (Å²) in [7, 11) is 1.65. The van der Waals surface area contributed by atoms with Gasteiger partial charge in [0, 0.05) is 23.7 Å². The normalized spacial score (nSPS) is 20.3. The van der Waals surface area contributed by atoms with Crippen LogP contribution in [0.3, 0.4) is 0 Å². The van der Waals surface area contributed by atoms with E-state index in [0.717, 1.165) is 38.8 Å². The minimum atomic E-state index is -0.316. The Bertz CT molecular complexity index is 1280. The number of nitrogens with zero attached hydrogens (tertiary/aromatic N) is 1. The number of aryl methyl sites for hydroxylation is 1. The Morgan fingerprint density at radius 2 is 1.97 bits per heavy atom. The van der Waals surface area contributed by atoms with E-state index in [1.165, 1.54) is 0 Å². The van der Waals surface area contributed by atoms with Gasteiger partial charge in [-0.1, -0.05) is 42.5 Å². The highest BCUT2D eigenvalue weighted by Gasteiger charge is 2.40. The summed E-state index contributed by atoms with van der Waals surface area (Å²) in [6.45, 7) is 2.36. The molecule has 1 N–H and O–H groups in total. The van der Waals surface area contributed by atoms with Crippen molar-refractivity contribution in [2.24, 2.45) is 5.92 Å². The van der Waals surface area contributed by atoms with Crippen LogP contribution in [0.25, 0.3) is 0 Å². The zero-order valence-electron chi connectivity index (χ0n) is 19.0. The van der Waals surface area contributed by atoms with Crippen LogP contribution in [-0.4, -0.2) is 12.0 Å². The predicted octanol–water partition coefficient (Wildman–Crippen LogP) is 7.08. The Morgan fingerprint density at radius 1 is 1.18 bits per heavy atom. The fraction of sp³-hybridized carbons (Fsp3) is 0.259. The van der Waals surface area contributed by atoms with E-state index in [2.05, 4.69) is 39.5 Å². The van der Waals surface area contributed by atoms with Crippen LogP contribution in [-0.2, 0) is 6.61 Å². The molecule has 0 bridgehead atoms. The molecule has 2 aliphatic rings. The molecule has 5 rings (SSSR count). The lowest BCUT2D eigenvalue weighted by Crippen LogP contribution is -2.29. The molecule has 3 atom stereocenters. The molecule has 0 amide bonds. The van der Waals surface area contributed by atoms with E-state index in [-0.39, 0.29) is 28.5 Å². The standard InChI is InChI=1S/C27H25BrN2O4/c1-16-11-19(30(31)32)14-22-20-9-6-10-21(20)26(29-25(16)22)18-12-23(28)27(24(13-18)33-2)34-15-17-7-4-3-5-8-17/h3-9,11-14,20-21,26,29H,10,15H2,1-2H3/t20-,21-,26-/m0/s1. The van der Waals surface area contributed by atoms with E-state index < -0.39 is 0 Å². The number of hydrogen-bond acceptors (Lipinski definition) is 5. The molecule has 1 heterocycles. The monoisotopic (exact) mass is 520 g/mol. The molecular weight excluding hydrogens is 496 g/mol. The molecule has 1 aliphatic carbocycles. The molecule has 3 aromatic carbocycles. The van der Waals surface area contributed by atoms with E-state index >= 15 is 0 Å². The number of ether oxygens (including phenoxy) is 2. The number of nitro groups is 1. The Balaban J connectivity index is 1.49. The maximum atomic E-state index is 11.4. The van der Waals surface area contributed by atoms with Gasteiger partial charge in [-0.2, -0.15) is 0 Å². The largest absolute Gasteiger partial charge is 0.493 e. The molecule has 34 heavy (non-hydrogen) atoms. The van der Waals surface area contributed by atoms with Crippen molar-refractivity contribution < 1.29 is 14.4 Å². The number of benzene rings is 3. The lowest BCUT2D eigenvalue weighted by molar-refractivity contribution is -0.385. The number of non-ortho nitro benzene ring substituents is 1. The average Bonchev–Trinajstić information content (AvgIpc) is 3.33. The lowest BCUT2D eigenvalue weighted by Gasteiger charge is -2.38. The van der Waals surface area contributed by atoms with Crippen LogP contribution >= 0.6 is 15.9 Å². The highest BCUT2D eigenvalue weighted by atomic mass is 79.9. The second-order valence-corrected chi connectivity index (χ2v) is 9.62. The van der Waals surface area contributed by atoms with Gasteiger partial charge in [-0.3, -0.25) is 10.1 Å². The highest BCUT2D eigenvalue weighted by Crippen LogP contribution is 2.52. The molecule has 6 nitrogen and oxygen atoms in total. The zero-order valence-corrected chi connectivity index (χ0v) is 20.5. The first-order valence-corrected chi connectivity index (χ1v) is 12.0. The number of nitro benzene ring substituents is 1. The molecule has 0 radical (unpaired) electrons. The van der Waals surface area contributed by atoms with Gasteiger partial charge < -0.3 is 14.8 Å². The number of fused-ring (bicyclic) bond motifs is 3. The van der Waals surface area contributed by atoms with Crippen LogP contribution < -0.4 is 14.8 Å². The number of halogens is 1. The van der Waals surface area contributed by atoms with E-state index in [1.54, 1.807) is 19.2 Å². The first kappa shape index (κ1) is 22.5.